The molecule has 110 valence electrons. The van der Waals surface area contributed by atoms with Crippen LogP contribution in [0, 0.1) is 22.0 Å². The van der Waals surface area contributed by atoms with E-state index in [0.29, 0.717) is 5.65 Å². The van der Waals surface area contributed by atoms with Crippen LogP contribution >= 0.6 is 0 Å². The lowest BCUT2D eigenvalue weighted by Gasteiger charge is -2.22. The summed E-state index contributed by atoms with van der Waals surface area (Å²) < 4.78 is 1.33. The fourth-order valence-corrected chi connectivity index (χ4v) is 3.74. The van der Waals surface area contributed by atoms with Crippen molar-refractivity contribution in [3.63, 3.8) is 0 Å². The van der Waals surface area contributed by atoms with Gasteiger partial charge in [0.15, 0.2) is 5.82 Å². The van der Waals surface area contributed by atoms with Crippen LogP contribution in [0.5, 0.6) is 0 Å². The molecule has 2 aromatic rings. The van der Waals surface area contributed by atoms with Crippen LogP contribution in [0.2, 0.25) is 0 Å². The molecule has 0 bridgehead atoms. The molecule has 2 fully saturated rings. The maximum Gasteiger partial charge on any atom is 0.368 e. The van der Waals surface area contributed by atoms with Crippen molar-refractivity contribution in [2.45, 2.75) is 25.7 Å². The Bertz CT molecular complexity index is 684. The average Bonchev–Trinajstić information content (AvgIpc) is 3.10. The zero-order chi connectivity index (χ0) is 14.4. The third kappa shape index (κ3) is 2.03. The standard InChI is InChI=1S/C14H17N5O2/c20-19(21)14-7-15-12-5-6-13(16-18(12)14)17-8-10-3-1-2-4-11(10)9-17/h5-7,10-11H,1-4,8-9H2. The highest BCUT2D eigenvalue weighted by Crippen LogP contribution is 2.37. The molecule has 0 spiro atoms. The van der Waals surface area contributed by atoms with Crippen molar-refractivity contribution < 1.29 is 4.92 Å². The smallest absolute Gasteiger partial charge is 0.358 e. The van der Waals surface area contributed by atoms with Gasteiger partial charge in [-0.25, -0.2) is 4.98 Å². The van der Waals surface area contributed by atoms with Crippen LogP contribution in [0.15, 0.2) is 18.3 Å². The van der Waals surface area contributed by atoms with Gasteiger partial charge >= 0.3 is 5.82 Å². The molecule has 2 atom stereocenters. The van der Waals surface area contributed by atoms with Gasteiger partial charge in [0.05, 0.1) is 0 Å². The van der Waals surface area contributed by atoms with Crippen molar-refractivity contribution >= 4 is 17.3 Å². The second kappa shape index (κ2) is 4.68. The van der Waals surface area contributed by atoms with Gasteiger partial charge in [0.1, 0.15) is 6.20 Å². The molecule has 2 aromatic heterocycles. The molecule has 1 aliphatic carbocycles. The van der Waals surface area contributed by atoms with Crippen molar-refractivity contribution in [1.82, 2.24) is 14.6 Å². The van der Waals surface area contributed by atoms with Crippen molar-refractivity contribution in [3.05, 3.63) is 28.4 Å². The van der Waals surface area contributed by atoms with Crippen LogP contribution in [0.1, 0.15) is 25.7 Å². The molecule has 3 heterocycles. The van der Waals surface area contributed by atoms with Crippen molar-refractivity contribution in [1.29, 1.82) is 0 Å². The van der Waals surface area contributed by atoms with Crippen LogP contribution < -0.4 is 4.90 Å². The number of hydrogen-bond donors (Lipinski definition) is 0. The molecular formula is C14H17N5O2. The first-order chi connectivity index (χ1) is 10.2. The Morgan fingerprint density at radius 3 is 2.57 bits per heavy atom. The van der Waals surface area contributed by atoms with E-state index in [-0.39, 0.29) is 5.82 Å². The summed E-state index contributed by atoms with van der Waals surface area (Å²) in [6.45, 7) is 2.04. The Morgan fingerprint density at radius 2 is 1.90 bits per heavy atom. The van der Waals surface area contributed by atoms with Gasteiger partial charge in [0.2, 0.25) is 5.65 Å². The molecule has 21 heavy (non-hydrogen) atoms. The van der Waals surface area contributed by atoms with Gasteiger partial charge in [-0.1, -0.05) is 22.5 Å². The summed E-state index contributed by atoms with van der Waals surface area (Å²) in [7, 11) is 0. The molecule has 4 rings (SSSR count). The van der Waals surface area contributed by atoms with E-state index >= 15 is 0 Å². The maximum atomic E-state index is 11.0. The molecule has 1 saturated carbocycles. The Balaban J connectivity index is 1.67. The van der Waals surface area contributed by atoms with E-state index in [1.54, 1.807) is 6.07 Å². The van der Waals surface area contributed by atoms with E-state index in [1.807, 2.05) is 6.07 Å². The van der Waals surface area contributed by atoms with Crippen molar-refractivity contribution in [2.24, 2.45) is 11.8 Å². The number of anilines is 1. The van der Waals surface area contributed by atoms with E-state index in [1.165, 1.54) is 36.4 Å². The Hall–Kier alpha value is -2.18. The first-order valence-electron chi connectivity index (χ1n) is 7.46. The summed E-state index contributed by atoms with van der Waals surface area (Å²) in [4.78, 5) is 16.8. The second-order valence-corrected chi connectivity index (χ2v) is 6.04. The summed E-state index contributed by atoms with van der Waals surface area (Å²) in [6, 6.07) is 3.72. The van der Waals surface area contributed by atoms with E-state index < -0.39 is 4.92 Å². The third-order valence-corrected chi connectivity index (χ3v) is 4.82. The normalized spacial score (nSPS) is 25.2. The molecule has 2 aliphatic rings. The average molecular weight is 287 g/mol. The lowest BCUT2D eigenvalue weighted by atomic mass is 9.82. The second-order valence-electron chi connectivity index (χ2n) is 6.04. The minimum absolute atomic E-state index is 0.0801. The van der Waals surface area contributed by atoms with Gasteiger partial charge in [-0.2, -0.15) is 0 Å². The molecule has 0 radical (unpaired) electrons. The Labute approximate surface area is 121 Å². The Kier molecular flexibility index (Phi) is 2.80. The molecule has 7 nitrogen and oxygen atoms in total. The number of rotatable bonds is 2. The van der Waals surface area contributed by atoms with Crippen LogP contribution in [0.4, 0.5) is 11.6 Å². The number of nitro groups is 1. The maximum absolute atomic E-state index is 11.0. The van der Waals surface area contributed by atoms with Gasteiger partial charge in [0.25, 0.3) is 0 Å². The SMILES string of the molecule is O=[N+]([O-])c1cnc2ccc(N3CC4CCCCC4C3)nn12. The fraction of sp³-hybridized carbons (Fsp3) is 0.571. The zero-order valence-corrected chi connectivity index (χ0v) is 11.7. The van der Waals surface area contributed by atoms with Gasteiger partial charge in [-0.15, -0.1) is 0 Å². The van der Waals surface area contributed by atoms with E-state index in [0.717, 1.165) is 30.7 Å². The van der Waals surface area contributed by atoms with E-state index in [4.69, 9.17) is 0 Å². The summed E-state index contributed by atoms with van der Waals surface area (Å²) in [5, 5.41) is 15.4. The third-order valence-electron chi connectivity index (χ3n) is 4.82. The van der Waals surface area contributed by atoms with E-state index in [2.05, 4.69) is 15.0 Å². The first kappa shape index (κ1) is 12.6. The molecule has 7 heteroatoms. The highest BCUT2D eigenvalue weighted by molar-refractivity contribution is 5.49. The van der Waals surface area contributed by atoms with Crippen LogP contribution in [0.25, 0.3) is 5.65 Å². The van der Waals surface area contributed by atoms with Crippen LogP contribution in [0.3, 0.4) is 0 Å². The summed E-state index contributed by atoms with van der Waals surface area (Å²) in [5.74, 6) is 2.25. The summed E-state index contributed by atoms with van der Waals surface area (Å²) in [6.07, 6.45) is 6.52. The topological polar surface area (TPSA) is 76.6 Å². The molecule has 2 unspecified atom stereocenters. The lowest BCUT2D eigenvalue weighted by Crippen LogP contribution is -2.21. The van der Waals surface area contributed by atoms with Gasteiger partial charge in [-0.3, -0.25) is 0 Å². The summed E-state index contributed by atoms with van der Waals surface area (Å²) >= 11 is 0. The quantitative estimate of drug-likeness (QED) is 0.625. The summed E-state index contributed by atoms with van der Waals surface area (Å²) in [5.41, 5.74) is 0.516. The van der Waals surface area contributed by atoms with Crippen LogP contribution in [-0.4, -0.2) is 32.6 Å². The molecule has 1 aliphatic heterocycles. The Morgan fingerprint density at radius 1 is 1.19 bits per heavy atom. The first-order valence-corrected chi connectivity index (χ1v) is 7.46. The number of hydrogen-bond acceptors (Lipinski definition) is 5. The van der Waals surface area contributed by atoms with E-state index in [9.17, 15) is 10.1 Å². The number of aromatic nitrogens is 3. The number of nitrogens with zero attached hydrogens (tertiary/aromatic N) is 5. The fourth-order valence-electron chi connectivity index (χ4n) is 3.74. The highest BCUT2D eigenvalue weighted by atomic mass is 16.6. The predicted molar refractivity (Wildman–Crippen MR) is 77.3 cm³/mol. The monoisotopic (exact) mass is 287 g/mol. The molecule has 0 N–H and O–H groups in total. The molecule has 0 aromatic carbocycles. The number of imidazole rings is 1. The number of fused-ring (bicyclic) bond motifs is 2. The van der Waals surface area contributed by atoms with Gasteiger partial charge in [-0.05, 0) is 35.7 Å². The van der Waals surface area contributed by atoms with Crippen molar-refractivity contribution in [3.8, 4) is 0 Å². The zero-order valence-electron chi connectivity index (χ0n) is 11.7. The largest absolute Gasteiger partial charge is 0.368 e. The predicted octanol–water partition coefficient (Wildman–Crippen LogP) is 2.26. The molecule has 1 saturated heterocycles. The minimum atomic E-state index is -0.444. The minimum Gasteiger partial charge on any atom is -0.358 e. The van der Waals surface area contributed by atoms with Crippen LogP contribution in [-0.2, 0) is 0 Å². The lowest BCUT2D eigenvalue weighted by molar-refractivity contribution is -0.391. The highest BCUT2D eigenvalue weighted by Gasteiger charge is 2.35. The van der Waals surface area contributed by atoms with Gasteiger partial charge in [0, 0.05) is 19.2 Å². The molecular weight excluding hydrogens is 270 g/mol. The molecule has 0 amide bonds. The van der Waals surface area contributed by atoms with Crippen molar-refractivity contribution in [2.75, 3.05) is 18.0 Å². The van der Waals surface area contributed by atoms with Gasteiger partial charge < -0.3 is 15.0 Å².